The number of anilines is 2. The van der Waals surface area contributed by atoms with Crippen LogP contribution < -0.4 is 15.8 Å². The maximum Gasteiger partial charge on any atom is 0.153 e. The highest BCUT2D eigenvalue weighted by Gasteiger charge is 2.21. The van der Waals surface area contributed by atoms with Gasteiger partial charge in [-0.15, -0.1) is 6.58 Å². The van der Waals surface area contributed by atoms with Crippen molar-refractivity contribution in [1.29, 1.82) is 0 Å². The van der Waals surface area contributed by atoms with E-state index < -0.39 is 0 Å². The third kappa shape index (κ3) is 2.00. The summed E-state index contributed by atoms with van der Waals surface area (Å²) in [5.74, 6) is 1.61. The molecule has 0 bridgehead atoms. The third-order valence-electron chi connectivity index (χ3n) is 2.35. The molecule has 2 rings (SSSR count). The van der Waals surface area contributed by atoms with Crippen molar-refractivity contribution in [2.24, 2.45) is 4.99 Å². The van der Waals surface area contributed by atoms with E-state index in [2.05, 4.69) is 16.9 Å². The standard InChI is InChI=1S/C12H15N3O/c1-3-6-14-12-8(2)16-11-5-4-9(13)7-10(11)15-12/h3-5,7-8H,1,6,13H2,2H3,(H,14,15). The molecular formula is C12H15N3O. The van der Waals surface area contributed by atoms with E-state index in [4.69, 9.17) is 10.5 Å². The molecule has 1 atom stereocenters. The molecule has 1 heterocycles. The van der Waals surface area contributed by atoms with Gasteiger partial charge >= 0.3 is 0 Å². The first-order valence-electron chi connectivity index (χ1n) is 5.19. The van der Waals surface area contributed by atoms with Crippen molar-refractivity contribution in [2.45, 2.75) is 13.0 Å². The minimum absolute atomic E-state index is 0.0731. The molecule has 1 aliphatic heterocycles. The van der Waals surface area contributed by atoms with E-state index >= 15 is 0 Å². The predicted molar refractivity (Wildman–Crippen MR) is 67.1 cm³/mol. The van der Waals surface area contributed by atoms with E-state index in [0.29, 0.717) is 12.2 Å². The molecule has 1 aromatic rings. The number of ether oxygens (including phenoxy) is 1. The van der Waals surface area contributed by atoms with Crippen LogP contribution in [0, 0.1) is 0 Å². The summed E-state index contributed by atoms with van der Waals surface area (Å²) in [5.41, 5.74) is 7.27. The zero-order valence-electron chi connectivity index (χ0n) is 9.23. The maximum absolute atomic E-state index is 5.71. The van der Waals surface area contributed by atoms with Gasteiger partial charge in [-0.25, -0.2) is 0 Å². The fraction of sp³-hybridized carbons (Fsp3) is 0.250. The number of fused-ring (bicyclic) bond motifs is 1. The fourth-order valence-corrected chi connectivity index (χ4v) is 1.56. The lowest BCUT2D eigenvalue weighted by atomic mass is 10.2. The van der Waals surface area contributed by atoms with Gasteiger partial charge in [0, 0.05) is 5.69 Å². The number of nitrogens with zero attached hydrogens (tertiary/aromatic N) is 1. The monoisotopic (exact) mass is 217 g/mol. The number of nitrogens with two attached hydrogens (primary N) is 1. The highest BCUT2D eigenvalue weighted by atomic mass is 16.5. The third-order valence-corrected chi connectivity index (χ3v) is 2.35. The van der Waals surface area contributed by atoms with E-state index in [-0.39, 0.29) is 6.10 Å². The van der Waals surface area contributed by atoms with Gasteiger partial charge in [-0.1, -0.05) is 6.08 Å². The summed E-state index contributed by atoms with van der Waals surface area (Å²) in [4.78, 5) is 4.33. The van der Waals surface area contributed by atoms with Crippen LogP contribution in [0.5, 0.6) is 5.75 Å². The lowest BCUT2D eigenvalue weighted by Crippen LogP contribution is -2.35. The van der Waals surface area contributed by atoms with Crippen LogP contribution in [0.15, 0.2) is 35.8 Å². The van der Waals surface area contributed by atoms with Crippen LogP contribution in [0.3, 0.4) is 0 Å². The van der Waals surface area contributed by atoms with Crippen molar-refractivity contribution in [3.05, 3.63) is 30.9 Å². The number of aliphatic imine (C=N–C) groups is 1. The zero-order chi connectivity index (χ0) is 11.5. The normalized spacial score (nSPS) is 20.8. The average molecular weight is 217 g/mol. The van der Waals surface area contributed by atoms with Crippen molar-refractivity contribution >= 4 is 17.2 Å². The fourth-order valence-electron chi connectivity index (χ4n) is 1.56. The van der Waals surface area contributed by atoms with Crippen LogP contribution in [-0.2, 0) is 0 Å². The number of benzene rings is 1. The number of nitrogen functional groups attached to an aromatic ring is 1. The van der Waals surface area contributed by atoms with Gasteiger partial charge < -0.3 is 15.8 Å². The summed E-state index contributed by atoms with van der Waals surface area (Å²) in [5, 5.41) is 3.22. The maximum atomic E-state index is 5.71. The van der Waals surface area contributed by atoms with Crippen LogP contribution in [0.25, 0.3) is 0 Å². The van der Waals surface area contributed by atoms with Gasteiger partial charge in [0.2, 0.25) is 0 Å². The molecule has 0 spiro atoms. The molecule has 0 saturated heterocycles. The molecule has 16 heavy (non-hydrogen) atoms. The van der Waals surface area contributed by atoms with Gasteiger partial charge in [0.05, 0.1) is 12.2 Å². The second kappa shape index (κ2) is 4.26. The van der Waals surface area contributed by atoms with Crippen molar-refractivity contribution in [3.63, 3.8) is 0 Å². The Morgan fingerprint density at radius 2 is 2.44 bits per heavy atom. The Morgan fingerprint density at radius 1 is 1.62 bits per heavy atom. The Bertz CT molecular complexity index is 440. The van der Waals surface area contributed by atoms with Crippen molar-refractivity contribution < 1.29 is 4.74 Å². The summed E-state index contributed by atoms with van der Waals surface area (Å²) >= 11 is 0. The first kappa shape index (κ1) is 10.5. The van der Waals surface area contributed by atoms with Crippen LogP contribution in [0.4, 0.5) is 11.4 Å². The Morgan fingerprint density at radius 3 is 3.19 bits per heavy atom. The number of nitrogens with one attached hydrogen (secondary N) is 1. The van der Waals surface area contributed by atoms with Gasteiger partial charge in [-0.05, 0) is 25.1 Å². The molecule has 1 aromatic carbocycles. The van der Waals surface area contributed by atoms with Crippen LogP contribution in [-0.4, -0.2) is 18.5 Å². The summed E-state index contributed by atoms with van der Waals surface area (Å²) in [6, 6.07) is 5.52. The van der Waals surface area contributed by atoms with E-state index in [1.54, 1.807) is 6.08 Å². The molecular weight excluding hydrogens is 202 g/mol. The van der Waals surface area contributed by atoms with Gasteiger partial charge in [0.25, 0.3) is 0 Å². The van der Waals surface area contributed by atoms with Gasteiger partial charge in [-0.3, -0.25) is 4.99 Å². The lowest BCUT2D eigenvalue weighted by molar-refractivity contribution is 0.282. The Balaban J connectivity index is 2.29. The van der Waals surface area contributed by atoms with Crippen LogP contribution in [0.2, 0.25) is 0 Å². The smallest absolute Gasteiger partial charge is 0.153 e. The van der Waals surface area contributed by atoms with Crippen molar-refractivity contribution in [3.8, 4) is 5.75 Å². The number of rotatable bonds is 2. The van der Waals surface area contributed by atoms with E-state index in [9.17, 15) is 0 Å². The van der Waals surface area contributed by atoms with Gasteiger partial charge in [0.15, 0.2) is 6.10 Å². The molecule has 0 saturated carbocycles. The van der Waals surface area contributed by atoms with Gasteiger partial charge in [-0.2, -0.15) is 0 Å². The minimum atomic E-state index is -0.0731. The summed E-state index contributed by atoms with van der Waals surface area (Å²) in [6.45, 7) is 6.16. The largest absolute Gasteiger partial charge is 0.481 e. The van der Waals surface area contributed by atoms with E-state index in [1.165, 1.54) is 0 Å². The van der Waals surface area contributed by atoms with E-state index in [0.717, 1.165) is 17.3 Å². The molecule has 3 N–H and O–H groups in total. The first-order chi connectivity index (χ1) is 7.70. The highest BCUT2D eigenvalue weighted by molar-refractivity contribution is 6.02. The van der Waals surface area contributed by atoms with E-state index in [1.807, 2.05) is 25.1 Å². The molecule has 84 valence electrons. The second-order valence-corrected chi connectivity index (χ2v) is 3.66. The molecule has 0 amide bonds. The Labute approximate surface area is 94.8 Å². The summed E-state index contributed by atoms with van der Waals surface area (Å²) < 4.78 is 5.71. The van der Waals surface area contributed by atoms with Crippen LogP contribution in [0.1, 0.15) is 6.92 Å². The molecule has 0 aliphatic carbocycles. The van der Waals surface area contributed by atoms with Crippen molar-refractivity contribution in [1.82, 2.24) is 0 Å². The zero-order valence-corrected chi connectivity index (χ0v) is 9.23. The topological polar surface area (TPSA) is 59.6 Å². The first-order valence-corrected chi connectivity index (χ1v) is 5.19. The Hall–Kier alpha value is -1.97. The van der Waals surface area contributed by atoms with Crippen molar-refractivity contribution in [2.75, 3.05) is 17.6 Å². The number of amidine groups is 1. The molecule has 4 nitrogen and oxygen atoms in total. The molecule has 1 aliphatic rings. The quantitative estimate of drug-likeness (QED) is 0.588. The molecule has 0 aromatic heterocycles. The molecule has 1 unspecified atom stereocenters. The molecule has 4 heteroatoms. The molecule has 0 fully saturated rings. The lowest BCUT2D eigenvalue weighted by Gasteiger charge is -2.26. The highest BCUT2D eigenvalue weighted by Crippen LogP contribution is 2.31. The average Bonchev–Trinajstić information content (AvgIpc) is 2.27. The Kier molecular flexibility index (Phi) is 2.81. The summed E-state index contributed by atoms with van der Waals surface area (Å²) in [6.07, 6.45) is 1.67. The van der Waals surface area contributed by atoms with Gasteiger partial charge in [0.1, 0.15) is 11.6 Å². The minimum Gasteiger partial charge on any atom is -0.481 e. The number of hydrogen-bond acceptors (Lipinski definition) is 3. The van der Waals surface area contributed by atoms with Crippen LogP contribution >= 0.6 is 0 Å². The number of hydrogen-bond donors (Lipinski definition) is 2. The molecule has 0 radical (unpaired) electrons. The SMILES string of the molecule is C=CCN=C1Nc2cc(N)ccc2OC1C. The predicted octanol–water partition coefficient (Wildman–Crippen LogP) is 2.05. The second-order valence-electron chi connectivity index (χ2n) is 3.66. The summed E-state index contributed by atoms with van der Waals surface area (Å²) in [7, 11) is 0.